The standard InChI is InChI=1S/C22H34N4O2/c1-16-9-13-26(14-10-16)12-6-5-11-23-21(27)24-17-7-8-19-18(15-17)25-20(28-19)22(2,3)4/h7-8,15-16H,5-6,9-14H2,1-4H3,(H2,23,24,27). The lowest BCUT2D eigenvalue weighted by atomic mass is 9.97. The van der Waals surface area contributed by atoms with E-state index in [0.29, 0.717) is 12.4 Å². The molecule has 28 heavy (non-hydrogen) atoms. The number of fused-ring (bicyclic) bond motifs is 1. The summed E-state index contributed by atoms with van der Waals surface area (Å²) in [5, 5.41) is 5.83. The summed E-state index contributed by atoms with van der Waals surface area (Å²) in [7, 11) is 0. The van der Waals surface area contributed by atoms with Crippen LogP contribution in [0.2, 0.25) is 0 Å². The maximum Gasteiger partial charge on any atom is 0.319 e. The van der Waals surface area contributed by atoms with Crippen molar-refractivity contribution in [2.24, 2.45) is 5.92 Å². The molecule has 1 fully saturated rings. The van der Waals surface area contributed by atoms with Crippen LogP contribution < -0.4 is 10.6 Å². The van der Waals surface area contributed by atoms with Gasteiger partial charge in [-0.15, -0.1) is 0 Å². The molecule has 0 radical (unpaired) electrons. The van der Waals surface area contributed by atoms with E-state index in [4.69, 9.17) is 4.42 Å². The predicted molar refractivity (Wildman–Crippen MR) is 114 cm³/mol. The van der Waals surface area contributed by atoms with Crippen LogP contribution in [0.3, 0.4) is 0 Å². The van der Waals surface area contributed by atoms with Crippen LogP contribution in [0.1, 0.15) is 59.3 Å². The van der Waals surface area contributed by atoms with Crippen LogP contribution in [-0.4, -0.2) is 42.1 Å². The van der Waals surface area contributed by atoms with Gasteiger partial charge in [-0.25, -0.2) is 9.78 Å². The fourth-order valence-electron chi connectivity index (χ4n) is 3.45. The minimum Gasteiger partial charge on any atom is -0.440 e. The molecule has 0 aliphatic carbocycles. The molecule has 1 saturated heterocycles. The van der Waals surface area contributed by atoms with Gasteiger partial charge >= 0.3 is 6.03 Å². The average Bonchev–Trinajstić information content (AvgIpc) is 3.07. The van der Waals surface area contributed by atoms with Crippen molar-refractivity contribution in [2.75, 3.05) is 31.5 Å². The third-order valence-electron chi connectivity index (χ3n) is 5.35. The fraction of sp³-hybridized carbons (Fsp3) is 0.636. The zero-order chi connectivity index (χ0) is 20.1. The molecule has 3 rings (SSSR count). The average molecular weight is 387 g/mol. The number of urea groups is 1. The van der Waals surface area contributed by atoms with E-state index in [2.05, 4.69) is 48.2 Å². The molecule has 154 valence electrons. The molecule has 2 aromatic rings. The Bertz CT molecular complexity index is 785. The van der Waals surface area contributed by atoms with Crippen LogP contribution in [0, 0.1) is 5.92 Å². The number of carbonyl (C=O) groups excluding carboxylic acids is 1. The molecule has 1 aliphatic rings. The van der Waals surface area contributed by atoms with E-state index in [1.807, 2.05) is 18.2 Å². The highest BCUT2D eigenvalue weighted by Gasteiger charge is 2.21. The number of hydrogen-bond donors (Lipinski definition) is 2. The molecule has 0 saturated carbocycles. The van der Waals surface area contributed by atoms with Crippen LogP contribution >= 0.6 is 0 Å². The molecular formula is C22H34N4O2. The number of aromatic nitrogens is 1. The number of carbonyl (C=O) groups is 1. The molecule has 0 spiro atoms. The molecule has 1 aliphatic heterocycles. The maximum atomic E-state index is 12.1. The second kappa shape index (κ2) is 8.95. The van der Waals surface area contributed by atoms with E-state index in [9.17, 15) is 4.79 Å². The zero-order valence-corrected chi connectivity index (χ0v) is 17.7. The predicted octanol–water partition coefficient (Wildman–Crippen LogP) is 4.76. The molecule has 6 heteroatoms. The topological polar surface area (TPSA) is 70.4 Å². The number of unbranched alkanes of at least 4 members (excludes halogenated alkanes) is 1. The Morgan fingerprint density at radius 1 is 1.25 bits per heavy atom. The Hall–Kier alpha value is -2.08. The summed E-state index contributed by atoms with van der Waals surface area (Å²) in [5.41, 5.74) is 2.08. The van der Waals surface area contributed by atoms with E-state index >= 15 is 0 Å². The van der Waals surface area contributed by atoms with Gasteiger partial charge in [-0.05, 0) is 69.4 Å². The second-order valence-electron chi connectivity index (χ2n) is 9.06. The number of nitrogens with one attached hydrogen (secondary N) is 2. The monoisotopic (exact) mass is 386 g/mol. The Labute approximate surface area is 168 Å². The number of likely N-dealkylation sites (tertiary alicyclic amines) is 1. The van der Waals surface area contributed by atoms with Crippen molar-refractivity contribution in [2.45, 2.75) is 58.8 Å². The van der Waals surface area contributed by atoms with Gasteiger partial charge < -0.3 is 20.0 Å². The van der Waals surface area contributed by atoms with Crippen molar-refractivity contribution in [3.63, 3.8) is 0 Å². The molecule has 6 nitrogen and oxygen atoms in total. The number of piperidine rings is 1. The van der Waals surface area contributed by atoms with Gasteiger partial charge in [0.2, 0.25) is 5.89 Å². The third-order valence-corrected chi connectivity index (χ3v) is 5.35. The highest BCUT2D eigenvalue weighted by Crippen LogP contribution is 2.27. The lowest BCUT2D eigenvalue weighted by molar-refractivity contribution is 0.189. The summed E-state index contributed by atoms with van der Waals surface area (Å²) in [5.74, 6) is 1.57. The van der Waals surface area contributed by atoms with Gasteiger partial charge in [0.25, 0.3) is 0 Å². The normalized spacial score (nSPS) is 16.4. The minimum atomic E-state index is -0.175. The number of anilines is 1. The number of nitrogens with zero attached hydrogens (tertiary/aromatic N) is 2. The van der Waals surface area contributed by atoms with Gasteiger partial charge in [0, 0.05) is 17.6 Å². The third kappa shape index (κ3) is 5.71. The van der Waals surface area contributed by atoms with Crippen molar-refractivity contribution in [3.8, 4) is 0 Å². The van der Waals surface area contributed by atoms with E-state index < -0.39 is 0 Å². The Balaban J connectivity index is 1.39. The maximum absolute atomic E-state index is 12.1. The number of rotatable bonds is 6. The van der Waals surface area contributed by atoms with Gasteiger partial charge in [0.15, 0.2) is 5.58 Å². The van der Waals surface area contributed by atoms with E-state index in [-0.39, 0.29) is 11.4 Å². The first kappa shape index (κ1) is 20.6. The van der Waals surface area contributed by atoms with Crippen molar-refractivity contribution in [1.29, 1.82) is 0 Å². The molecule has 2 amide bonds. The van der Waals surface area contributed by atoms with Crippen molar-refractivity contribution in [1.82, 2.24) is 15.2 Å². The summed E-state index contributed by atoms with van der Waals surface area (Å²) in [6.07, 6.45) is 4.74. The van der Waals surface area contributed by atoms with E-state index in [1.165, 1.54) is 25.9 Å². The van der Waals surface area contributed by atoms with Crippen LogP contribution in [0.15, 0.2) is 22.6 Å². The van der Waals surface area contributed by atoms with Gasteiger partial charge in [0.05, 0.1) is 0 Å². The smallest absolute Gasteiger partial charge is 0.319 e. The van der Waals surface area contributed by atoms with E-state index in [0.717, 1.165) is 42.1 Å². The first-order valence-electron chi connectivity index (χ1n) is 10.5. The Kier molecular flexibility index (Phi) is 6.60. The number of benzene rings is 1. The van der Waals surface area contributed by atoms with Crippen molar-refractivity contribution in [3.05, 3.63) is 24.1 Å². The van der Waals surface area contributed by atoms with Crippen LogP contribution in [-0.2, 0) is 5.41 Å². The summed E-state index contributed by atoms with van der Waals surface area (Å²) in [6.45, 7) is 12.8. The zero-order valence-electron chi connectivity index (χ0n) is 17.7. The molecule has 0 bridgehead atoms. The number of oxazole rings is 1. The molecule has 0 atom stereocenters. The molecule has 0 unspecified atom stereocenters. The summed E-state index contributed by atoms with van der Waals surface area (Å²) in [4.78, 5) is 19.2. The summed E-state index contributed by atoms with van der Waals surface area (Å²) in [6, 6.07) is 5.37. The van der Waals surface area contributed by atoms with Crippen molar-refractivity contribution < 1.29 is 9.21 Å². The fourth-order valence-corrected chi connectivity index (χ4v) is 3.45. The highest BCUT2D eigenvalue weighted by atomic mass is 16.3. The molecule has 1 aromatic heterocycles. The number of amides is 2. The lowest BCUT2D eigenvalue weighted by Crippen LogP contribution is -2.34. The van der Waals surface area contributed by atoms with Gasteiger partial charge in [0.1, 0.15) is 5.52 Å². The summed E-state index contributed by atoms with van der Waals surface area (Å²) >= 11 is 0. The van der Waals surface area contributed by atoms with Gasteiger partial charge in [-0.1, -0.05) is 27.7 Å². The first-order valence-corrected chi connectivity index (χ1v) is 10.5. The van der Waals surface area contributed by atoms with Gasteiger partial charge in [-0.2, -0.15) is 0 Å². The van der Waals surface area contributed by atoms with E-state index in [1.54, 1.807) is 0 Å². The molecular weight excluding hydrogens is 352 g/mol. The largest absolute Gasteiger partial charge is 0.440 e. The van der Waals surface area contributed by atoms with Gasteiger partial charge in [-0.3, -0.25) is 0 Å². The molecule has 2 N–H and O–H groups in total. The number of hydrogen-bond acceptors (Lipinski definition) is 4. The first-order chi connectivity index (χ1) is 13.3. The lowest BCUT2D eigenvalue weighted by Gasteiger charge is -2.30. The SMILES string of the molecule is CC1CCN(CCCCNC(=O)Nc2ccc3oc(C(C)(C)C)nc3c2)CC1. The van der Waals surface area contributed by atoms with Crippen LogP contribution in [0.25, 0.3) is 11.1 Å². The highest BCUT2D eigenvalue weighted by molar-refractivity contribution is 5.91. The Morgan fingerprint density at radius 2 is 2.00 bits per heavy atom. The second-order valence-corrected chi connectivity index (χ2v) is 9.06. The van der Waals surface area contributed by atoms with Crippen LogP contribution in [0.5, 0.6) is 0 Å². The quantitative estimate of drug-likeness (QED) is 0.702. The molecule has 1 aromatic carbocycles. The Morgan fingerprint density at radius 3 is 2.71 bits per heavy atom. The summed E-state index contributed by atoms with van der Waals surface area (Å²) < 4.78 is 5.80. The molecule has 2 heterocycles. The minimum absolute atomic E-state index is 0.142. The van der Waals surface area contributed by atoms with Crippen molar-refractivity contribution >= 4 is 22.8 Å². The van der Waals surface area contributed by atoms with Crippen LogP contribution in [0.4, 0.5) is 10.5 Å².